The standard InChI is InChI=1S/C10H15Cl2N3/c1-3-5-15(6-4-2)8-7-9(11)13-14-10(8)12/h7H,3-6H2,1-2H3. The topological polar surface area (TPSA) is 29.0 Å². The highest BCUT2D eigenvalue weighted by molar-refractivity contribution is 6.33. The van der Waals surface area contributed by atoms with Crippen LogP contribution >= 0.6 is 23.2 Å². The van der Waals surface area contributed by atoms with Crippen molar-refractivity contribution in [1.29, 1.82) is 0 Å². The maximum absolute atomic E-state index is 5.99. The van der Waals surface area contributed by atoms with E-state index in [1.54, 1.807) is 6.07 Å². The van der Waals surface area contributed by atoms with Crippen molar-refractivity contribution in [3.63, 3.8) is 0 Å². The van der Waals surface area contributed by atoms with E-state index in [1.165, 1.54) is 0 Å². The molecule has 0 amide bonds. The zero-order valence-corrected chi connectivity index (χ0v) is 10.5. The van der Waals surface area contributed by atoms with E-state index in [0.29, 0.717) is 10.3 Å². The van der Waals surface area contributed by atoms with Gasteiger partial charge in [0.2, 0.25) is 0 Å². The Morgan fingerprint density at radius 3 is 2.27 bits per heavy atom. The first-order chi connectivity index (χ1) is 7.19. The molecule has 1 aromatic heterocycles. The van der Waals surface area contributed by atoms with Crippen molar-refractivity contribution in [3.8, 4) is 0 Å². The van der Waals surface area contributed by atoms with Crippen LogP contribution in [0.25, 0.3) is 0 Å². The van der Waals surface area contributed by atoms with Crippen molar-refractivity contribution in [1.82, 2.24) is 10.2 Å². The van der Waals surface area contributed by atoms with Gasteiger partial charge in [0.25, 0.3) is 0 Å². The Hall–Kier alpha value is -0.540. The van der Waals surface area contributed by atoms with Crippen molar-refractivity contribution < 1.29 is 0 Å². The molecule has 0 saturated carbocycles. The number of anilines is 1. The van der Waals surface area contributed by atoms with E-state index in [1.807, 2.05) is 0 Å². The van der Waals surface area contributed by atoms with Crippen molar-refractivity contribution >= 4 is 28.9 Å². The maximum atomic E-state index is 5.99. The molecule has 0 aromatic carbocycles. The van der Waals surface area contributed by atoms with Crippen LogP contribution in [0.4, 0.5) is 5.69 Å². The highest BCUT2D eigenvalue weighted by atomic mass is 35.5. The minimum absolute atomic E-state index is 0.381. The van der Waals surface area contributed by atoms with Crippen molar-refractivity contribution in [2.45, 2.75) is 26.7 Å². The van der Waals surface area contributed by atoms with Crippen LogP contribution in [0.15, 0.2) is 6.07 Å². The van der Waals surface area contributed by atoms with Gasteiger partial charge in [-0.05, 0) is 12.8 Å². The predicted molar refractivity (Wildman–Crippen MR) is 64.8 cm³/mol. The molecule has 3 nitrogen and oxygen atoms in total. The van der Waals surface area contributed by atoms with Crippen molar-refractivity contribution in [2.75, 3.05) is 18.0 Å². The molecule has 84 valence electrons. The second-order valence-corrected chi connectivity index (χ2v) is 4.08. The summed E-state index contributed by atoms with van der Waals surface area (Å²) in [5.74, 6) is 0. The molecule has 0 N–H and O–H groups in total. The van der Waals surface area contributed by atoms with Crippen molar-refractivity contribution in [3.05, 3.63) is 16.4 Å². The summed E-state index contributed by atoms with van der Waals surface area (Å²) in [6, 6.07) is 1.77. The quantitative estimate of drug-likeness (QED) is 0.799. The molecule has 15 heavy (non-hydrogen) atoms. The molecule has 5 heteroatoms. The van der Waals surface area contributed by atoms with Crippen LogP contribution in [0.5, 0.6) is 0 Å². The van der Waals surface area contributed by atoms with Gasteiger partial charge in [0.1, 0.15) is 0 Å². The lowest BCUT2D eigenvalue weighted by molar-refractivity contribution is 0.741. The molecular formula is C10H15Cl2N3. The molecule has 0 bridgehead atoms. The smallest absolute Gasteiger partial charge is 0.175 e. The normalized spacial score (nSPS) is 10.4. The van der Waals surface area contributed by atoms with Gasteiger partial charge < -0.3 is 4.90 Å². The van der Waals surface area contributed by atoms with Crippen LogP contribution in [-0.4, -0.2) is 23.3 Å². The minimum atomic E-state index is 0.381. The minimum Gasteiger partial charge on any atom is -0.369 e. The fourth-order valence-electron chi connectivity index (χ4n) is 1.46. The number of hydrogen-bond donors (Lipinski definition) is 0. The summed E-state index contributed by atoms with van der Waals surface area (Å²) < 4.78 is 0. The van der Waals surface area contributed by atoms with E-state index in [4.69, 9.17) is 23.2 Å². The number of halogens is 2. The summed E-state index contributed by atoms with van der Waals surface area (Å²) in [6.45, 7) is 6.17. The molecule has 0 saturated heterocycles. The van der Waals surface area contributed by atoms with Crippen molar-refractivity contribution in [2.24, 2.45) is 0 Å². The van der Waals surface area contributed by atoms with Crippen LogP contribution in [0.1, 0.15) is 26.7 Å². The summed E-state index contributed by atoms with van der Waals surface area (Å²) in [4.78, 5) is 2.18. The van der Waals surface area contributed by atoms with E-state index in [9.17, 15) is 0 Å². The first kappa shape index (κ1) is 12.5. The predicted octanol–water partition coefficient (Wildman–Crippen LogP) is 3.41. The largest absolute Gasteiger partial charge is 0.369 e. The Balaban J connectivity index is 2.93. The van der Waals surface area contributed by atoms with Crippen LogP contribution in [0, 0.1) is 0 Å². The van der Waals surface area contributed by atoms with Crippen LogP contribution < -0.4 is 4.90 Å². The molecule has 0 aliphatic rings. The van der Waals surface area contributed by atoms with Crippen LogP contribution in [-0.2, 0) is 0 Å². The molecule has 0 unspecified atom stereocenters. The molecule has 0 fully saturated rings. The van der Waals surface area contributed by atoms with Gasteiger partial charge in [-0.2, -0.15) is 0 Å². The summed E-state index contributed by atoms with van der Waals surface area (Å²) in [7, 11) is 0. The van der Waals surface area contributed by atoms with E-state index in [-0.39, 0.29) is 0 Å². The highest BCUT2D eigenvalue weighted by Gasteiger charge is 2.11. The summed E-state index contributed by atoms with van der Waals surface area (Å²) >= 11 is 11.8. The van der Waals surface area contributed by atoms with Gasteiger partial charge in [0.05, 0.1) is 5.69 Å². The van der Waals surface area contributed by atoms with Gasteiger partial charge >= 0.3 is 0 Å². The number of nitrogens with zero attached hydrogens (tertiary/aromatic N) is 3. The SMILES string of the molecule is CCCN(CCC)c1cc(Cl)nnc1Cl. The molecule has 0 aliphatic heterocycles. The molecule has 1 aromatic rings. The Morgan fingerprint density at radius 1 is 1.13 bits per heavy atom. The average molecular weight is 248 g/mol. The average Bonchev–Trinajstić information content (AvgIpc) is 2.21. The van der Waals surface area contributed by atoms with Gasteiger partial charge in [-0.15, -0.1) is 10.2 Å². The second-order valence-electron chi connectivity index (χ2n) is 3.33. The Labute approximate surface area is 100 Å². The second kappa shape index (κ2) is 6.13. The highest BCUT2D eigenvalue weighted by Crippen LogP contribution is 2.25. The third-order valence-electron chi connectivity index (χ3n) is 2.03. The lowest BCUT2D eigenvalue weighted by Crippen LogP contribution is -2.25. The van der Waals surface area contributed by atoms with Crippen LogP contribution in [0.3, 0.4) is 0 Å². The molecular weight excluding hydrogens is 233 g/mol. The molecule has 0 radical (unpaired) electrons. The third-order valence-corrected chi connectivity index (χ3v) is 2.48. The first-order valence-corrected chi connectivity index (χ1v) is 5.88. The zero-order valence-electron chi connectivity index (χ0n) is 9.00. The van der Waals surface area contributed by atoms with E-state index in [0.717, 1.165) is 31.6 Å². The molecule has 1 heterocycles. The molecule has 0 spiro atoms. The summed E-state index contributed by atoms with van der Waals surface area (Å²) in [5.41, 5.74) is 0.875. The molecule has 0 atom stereocenters. The van der Waals surface area contributed by atoms with Gasteiger partial charge in [-0.3, -0.25) is 0 Å². The Morgan fingerprint density at radius 2 is 1.73 bits per heavy atom. The number of hydrogen-bond acceptors (Lipinski definition) is 3. The number of rotatable bonds is 5. The third kappa shape index (κ3) is 3.50. The monoisotopic (exact) mass is 247 g/mol. The van der Waals surface area contributed by atoms with Gasteiger partial charge in [-0.25, -0.2) is 0 Å². The van der Waals surface area contributed by atoms with E-state index >= 15 is 0 Å². The maximum Gasteiger partial charge on any atom is 0.175 e. The molecule has 0 aliphatic carbocycles. The summed E-state index contributed by atoms with van der Waals surface area (Å²) in [6.07, 6.45) is 2.13. The Bertz CT molecular complexity index is 312. The first-order valence-electron chi connectivity index (χ1n) is 5.12. The lowest BCUT2D eigenvalue weighted by atomic mass is 10.3. The fourth-order valence-corrected chi connectivity index (χ4v) is 1.81. The van der Waals surface area contributed by atoms with Gasteiger partial charge in [-0.1, -0.05) is 37.0 Å². The van der Waals surface area contributed by atoms with Crippen LogP contribution in [0.2, 0.25) is 10.3 Å². The Kier molecular flexibility index (Phi) is 5.12. The fraction of sp³-hybridized carbons (Fsp3) is 0.600. The number of aromatic nitrogens is 2. The summed E-state index contributed by atoms with van der Waals surface area (Å²) in [5, 5.41) is 8.30. The zero-order chi connectivity index (χ0) is 11.3. The van der Waals surface area contributed by atoms with Gasteiger partial charge in [0.15, 0.2) is 10.3 Å². The molecule has 1 rings (SSSR count). The lowest BCUT2D eigenvalue weighted by Gasteiger charge is -2.23. The van der Waals surface area contributed by atoms with Gasteiger partial charge in [0, 0.05) is 19.2 Å². The van der Waals surface area contributed by atoms with E-state index < -0.39 is 0 Å². The van der Waals surface area contributed by atoms with E-state index in [2.05, 4.69) is 28.9 Å².